The van der Waals surface area contributed by atoms with Crippen LogP contribution >= 0.6 is 0 Å². The van der Waals surface area contributed by atoms with Gasteiger partial charge in [0.05, 0.1) is 19.8 Å². The highest BCUT2D eigenvalue weighted by Gasteiger charge is 2.02. The molecule has 0 aromatic rings. The molecule has 0 aliphatic rings. The van der Waals surface area contributed by atoms with Crippen LogP contribution in [0.2, 0.25) is 0 Å². The molecule has 0 atom stereocenters. The first-order valence-electron chi connectivity index (χ1n) is 6.52. The fourth-order valence-corrected chi connectivity index (χ4v) is 1.47. The molecule has 0 amide bonds. The summed E-state index contributed by atoms with van der Waals surface area (Å²) in [6.07, 6.45) is 1.09. The third kappa shape index (κ3) is 6.94. The fourth-order valence-electron chi connectivity index (χ4n) is 1.47. The Kier molecular flexibility index (Phi) is 9.93. The molecule has 0 saturated carbocycles. The minimum Gasteiger partial charge on any atom is -0.382 e. The van der Waals surface area contributed by atoms with E-state index >= 15 is 0 Å². The summed E-state index contributed by atoms with van der Waals surface area (Å²) in [5.41, 5.74) is 5.39. The summed E-state index contributed by atoms with van der Waals surface area (Å²) in [7, 11) is 1.66. The van der Waals surface area contributed by atoms with Crippen LogP contribution in [-0.4, -0.2) is 33.7 Å². The summed E-state index contributed by atoms with van der Waals surface area (Å²) in [6, 6.07) is 0. The monoisotopic (exact) mass is 256 g/mol. The van der Waals surface area contributed by atoms with Gasteiger partial charge in [0.1, 0.15) is 6.79 Å². The Morgan fingerprint density at radius 1 is 0.833 bits per heavy atom. The van der Waals surface area contributed by atoms with E-state index in [-0.39, 0.29) is 0 Å². The highest BCUT2D eigenvalue weighted by Crippen LogP contribution is 2.19. The first-order valence-corrected chi connectivity index (χ1v) is 6.52. The van der Waals surface area contributed by atoms with Gasteiger partial charge < -0.3 is 14.2 Å². The van der Waals surface area contributed by atoms with Crippen LogP contribution in [0, 0.1) is 0 Å². The van der Waals surface area contributed by atoms with E-state index in [4.69, 9.17) is 14.2 Å². The standard InChI is InChI=1S/C15H28O3/c1-7-12(2)14(4)15(5)13(3)10-18-11-17-9-8-16-6/h7-11H2,1-6H3. The molecule has 0 fully saturated rings. The van der Waals surface area contributed by atoms with E-state index in [1.54, 1.807) is 7.11 Å². The van der Waals surface area contributed by atoms with Gasteiger partial charge in [-0.05, 0) is 50.8 Å². The molecule has 0 heterocycles. The van der Waals surface area contributed by atoms with E-state index in [9.17, 15) is 0 Å². The molecule has 0 aromatic carbocycles. The first-order chi connectivity index (χ1) is 8.54. The molecule has 3 nitrogen and oxygen atoms in total. The number of rotatable bonds is 9. The SMILES string of the molecule is CCC(C)=C(C)C(C)=C(C)COCOCCOC. The summed E-state index contributed by atoms with van der Waals surface area (Å²) >= 11 is 0. The average Bonchev–Trinajstić information content (AvgIpc) is 2.39. The molecule has 18 heavy (non-hydrogen) atoms. The predicted molar refractivity (Wildman–Crippen MR) is 75.7 cm³/mol. The van der Waals surface area contributed by atoms with E-state index in [1.807, 2.05) is 0 Å². The maximum atomic E-state index is 5.47. The summed E-state index contributed by atoms with van der Waals surface area (Å²) in [5, 5.41) is 0. The van der Waals surface area contributed by atoms with Gasteiger partial charge in [0.15, 0.2) is 0 Å². The minimum absolute atomic E-state index is 0.323. The van der Waals surface area contributed by atoms with Gasteiger partial charge >= 0.3 is 0 Å². The van der Waals surface area contributed by atoms with Crippen LogP contribution in [0.3, 0.4) is 0 Å². The summed E-state index contributed by atoms with van der Waals surface area (Å²) in [4.78, 5) is 0. The van der Waals surface area contributed by atoms with Crippen LogP contribution in [-0.2, 0) is 14.2 Å². The molecule has 0 spiro atoms. The molecule has 0 radical (unpaired) electrons. The van der Waals surface area contributed by atoms with Crippen molar-refractivity contribution in [1.82, 2.24) is 0 Å². The lowest BCUT2D eigenvalue weighted by Crippen LogP contribution is -2.07. The molecule has 0 bridgehead atoms. The zero-order valence-corrected chi connectivity index (χ0v) is 12.8. The topological polar surface area (TPSA) is 27.7 Å². The Bertz CT molecular complexity index is 290. The zero-order chi connectivity index (χ0) is 14.0. The van der Waals surface area contributed by atoms with Gasteiger partial charge in [-0.2, -0.15) is 0 Å². The van der Waals surface area contributed by atoms with E-state index in [2.05, 4.69) is 34.6 Å². The third-order valence-corrected chi connectivity index (χ3v) is 3.29. The van der Waals surface area contributed by atoms with Crippen molar-refractivity contribution in [3.63, 3.8) is 0 Å². The lowest BCUT2D eigenvalue weighted by Gasteiger charge is -2.12. The molecule has 106 valence electrons. The highest BCUT2D eigenvalue weighted by atomic mass is 16.7. The Labute approximate surface area is 112 Å². The normalized spacial score (nSPS) is 14.3. The van der Waals surface area contributed by atoms with Gasteiger partial charge in [-0.25, -0.2) is 0 Å². The van der Waals surface area contributed by atoms with Gasteiger partial charge in [-0.1, -0.05) is 12.5 Å². The van der Waals surface area contributed by atoms with Crippen LogP contribution in [0.4, 0.5) is 0 Å². The quantitative estimate of drug-likeness (QED) is 0.357. The maximum absolute atomic E-state index is 5.47. The van der Waals surface area contributed by atoms with Crippen molar-refractivity contribution < 1.29 is 14.2 Å². The van der Waals surface area contributed by atoms with Crippen molar-refractivity contribution in [2.75, 3.05) is 33.7 Å². The third-order valence-electron chi connectivity index (χ3n) is 3.29. The van der Waals surface area contributed by atoms with Gasteiger partial charge in [-0.15, -0.1) is 0 Å². The number of methoxy groups -OCH3 is 1. The van der Waals surface area contributed by atoms with E-state index in [0.717, 1.165) is 6.42 Å². The highest BCUT2D eigenvalue weighted by molar-refractivity contribution is 5.34. The van der Waals surface area contributed by atoms with E-state index in [1.165, 1.54) is 22.3 Å². The Balaban J connectivity index is 4.10. The number of ether oxygens (including phenoxy) is 3. The first kappa shape index (κ1) is 17.4. The lowest BCUT2D eigenvalue weighted by atomic mass is 9.98. The Hall–Kier alpha value is -0.640. The molecular formula is C15H28O3. The molecule has 0 aliphatic carbocycles. The van der Waals surface area contributed by atoms with Crippen LogP contribution < -0.4 is 0 Å². The van der Waals surface area contributed by atoms with Crippen LogP contribution in [0.1, 0.15) is 41.0 Å². The smallest absolute Gasteiger partial charge is 0.147 e. The molecular weight excluding hydrogens is 228 g/mol. The van der Waals surface area contributed by atoms with Crippen LogP contribution in [0.15, 0.2) is 22.3 Å². The average molecular weight is 256 g/mol. The zero-order valence-electron chi connectivity index (χ0n) is 12.8. The van der Waals surface area contributed by atoms with Crippen LogP contribution in [0.25, 0.3) is 0 Å². The maximum Gasteiger partial charge on any atom is 0.147 e. The molecule has 0 N–H and O–H groups in total. The van der Waals surface area contributed by atoms with Crippen molar-refractivity contribution in [3.05, 3.63) is 22.3 Å². The van der Waals surface area contributed by atoms with Crippen molar-refractivity contribution in [2.24, 2.45) is 0 Å². The number of hydrogen-bond donors (Lipinski definition) is 0. The molecule has 3 heteroatoms. The van der Waals surface area contributed by atoms with Crippen molar-refractivity contribution in [2.45, 2.75) is 41.0 Å². The summed E-state index contributed by atoms with van der Waals surface area (Å²) in [6.45, 7) is 12.9. The summed E-state index contributed by atoms with van der Waals surface area (Å²) < 4.78 is 15.6. The fraction of sp³-hybridized carbons (Fsp3) is 0.733. The Morgan fingerprint density at radius 2 is 1.44 bits per heavy atom. The van der Waals surface area contributed by atoms with Gasteiger partial charge in [0.2, 0.25) is 0 Å². The summed E-state index contributed by atoms with van der Waals surface area (Å²) in [5.74, 6) is 0. The second-order valence-electron chi connectivity index (χ2n) is 4.53. The van der Waals surface area contributed by atoms with E-state index in [0.29, 0.717) is 26.6 Å². The predicted octanol–water partition coefficient (Wildman–Crippen LogP) is 3.71. The second kappa shape index (κ2) is 10.3. The van der Waals surface area contributed by atoms with Crippen molar-refractivity contribution in [1.29, 1.82) is 0 Å². The minimum atomic E-state index is 0.323. The van der Waals surface area contributed by atoms with Crippen molar-refractivity contribution >= 4 is 0 Å². The lowest BCUT2D eigenvalue weighted by molar-refractivity contribution is -0.0589. The largest absolute Gasteiger partial charge is 0.382 e. The number of allylic oxidation sites excluding steroid dienone is 3. The number of hydrogen-bond acceptors (Lipinski definition) is 3. The van der Waals surface area contributed by atoms with Crippen LogP contribution in [0.5, 0.6) is 0 Å². The molecule has 0 aromatic heterocycles. The Morgan fingerprint density at radius 3 is 2.00 bits per heavy atom. The van der Waals surface area contributed by atoms with Gasteiger partial charge in [0.25, 0.3) is 0 Å². The second-order valence-corrected chi connectivity index (χ2v) is 4.53. The molecule has 0 unspecified atom stereocenters. The molecule has 0 saturated heterocycles. The molecule has 0 rings (SSSR count). The van der Waals surface area contributed by atoms with E-state index < -0.39 is 0 Å². The van der Waals surface area contributed by atoms with Crippen molar-refractivity contribution in [3.8, 4) is 0 Å². The van der Waals surface area contributed by atoms with Gasteiger partial charge in [0, 0.05) is 7.11 Å². The molecule has 0 aliphatic heterocycles. The van der Waals surface area contributed by atoms with Gasteiger partial charge in [-0.3, -0.25) is 0 Å².